The lowest BCUT2D eigenvalue weighted by Crippen LogP contribution is -2.36. The van der Waals surface area contributed by atoms with Crippen molar-refractivity contribution in [1.82, 2.24) is 0 Å². The summed E-state index contributed by atoms with van der Waals surface area (Å²) in [7, 11) is 0. The second kappa shape index (κ2) is 3.73. The smallest absolute Gasteiger partial charge is 0.156 e. The van der Waals surface area contributed by atoms with Crippen molar-refractivity contribution in [2.24, 2.45) is 17.3 Å². The van der Waals surface area contributed by atoms with Crippen molar-refractivity contribution in [2.75, 3.05) is 0 Å². The van der Waals surface area contributed by atoms with E-state index in [0.717, 1.165) is 6.42 Å². The quantitative estimate of drug-likeness (QED) is 0.611. The summed E-state index contributed by atoms with van der Waals surface area (Å²) in [6, 6.07) is 0. The number of carbonyl (C=O) groups is 1. The van der Waals surface area contributed by atoms with Crippen LogP contribution in [0.15, 0.2) is 36.0 Å². The molecular weight excluding hydrogens is 196 g/mol. The number of allylic oxidation sites excluding steroid dienone is 5. The first-order valence-corrected chi connectivity index (χ1v) is 6.02. The summed E-state index contributed by atoms with van der Waals surface area (Å²) in [6.07, 6.45) is 7.96. The van der Waals surface area contributed by atoms with Crippen LogP contribution < -0.4 is 0 Å². The van der Waals surface area contributed by atoms with E-state index in [9.17, 15) is 4.79 Å². The van der Waals surface area contributed by atoms with Gasteiger partial charge in [-0.2, -0.15) is 0 Å². The van der Waals surface area contributed by atoms with Crippen LogP contribution in [0.25, 0.3) is 0 Å². The molecular formula is C15H20O. The first-order chi connectivity index (χ1) is 7.43. The third kappa shape index (κ3) is 1.68. The van der Waals surface area contributed by atoms with Crippen LogP contribution >= 0.6 is 0 Å². The molecule has 16 heavy (non-hydrogen) atoms. The molecule has 0 bridgehead atoms. The van der Waals surface area contributed by atoms with E-state index in [1.165, 1.54) is 11.1 Å². The zero-order chi connectivity index (χ0) is 11.9. The molecule has 0 radical (unpaired) electrons. The molecule has 0 N–H and O–H groups in total. The van der Waals surface area contributed by atoms with Crippen molar-refractivity contribution in [3.05, 3.63) is 36.0 Å². The predicted octanol–water partition coefficient (Wildman–Crippen LogP) is 3.68. The molecule has 0 heterocycles. The molecule has 0 aromatic rings. The van der Waals surface area contributed by atoms with Gasteiger partial charge in [-0.05, 0) is 42.2 Å². The lowest BCUT2D eigenvalue weighted by atomic mass is 9.60. The maximum absolute atomic E-state index is 11.6. The highest BCUT2D eigenvalue weighted by atomic mass is 16.1. The molecule has 0 aromatic heterocycles. The van der Waals surface area contributed by atoms with Crippen molar-refractivity contribution in [1.29, 1.82) is 0 Å². The highest BCUT2D eigenvalue weighted by Gasteiger charge is 2.41. The van der Waals surface area contributed by atoms with Crippen molar-refractivity contribution in [3.8, 4) is 0 Å². The van der Waals surface area contributed by atoms with Gasteiger partial charge in [0.05, 0.1) is 0 Å². The minimum atomic E-state index is 0.159. The minimum Gasteiger partial charge on any atom is -0.295 e. The maximum atomic E-state index is 11.6. The van der Waals surface area contributed by atoms with Gasteiger partial charge in [-0.1, -0.05) is 38.2 Å². The molecule has 1 heteroatoms. The first kappa shape index (κ1) is 11.4. The molecule has 1 nitrogen and oxygen atoms in total. The second-order valence-corrected chi connectivity index (χ2v) is 5.60. The molecule has 2 rings (SSSR count). The SMILES string of the molecule is C=C(C)C1C=CC2=CC(=O)CC(C)C2(C)C1. The Hall–Kier alpha value is -1.11. The Morgan fingerprint density at radius 3 is 2.88 bits per heavy atom. The summed E-state index contributed by atoms with van der Waals surface area (Å²) < 4.78 is 0. The van der Waals surface area contributed by atoms with Gasteiger partial charge in [-0.15, -0.1) is 0 Å². The van der Waals surface area contributed by atoms with Gasteiger partial charge in [0.1, 0.15) is 0 Å². The van der Waals surface area contributed by atoms with E-state index in [2.05, 4.69) is 39.5 Å². The zero-order valence-corrected chi connectivity index (χ0v) is 10.4. The maximum Gasteiger partial charge on any atom is 0.156 e. The molecule has 0 fully saturated rings. The summed E-state index contributed by atoms with van der Waals surface area (Å²) in [6.45, 7) is 10.6. The van der Waals surface area contributed by atoms with Gasteiger partial charge in [-0.25, -0.2) is 0 Å². The lowest BCUT2D eigenvalue weighted by molar-refractivity contribution is -0.117. The van der Waals surface area contributed by atoms with Crippen molar-refractivity contribution in [3.63, 3.8) is 0 Å². The van der Waals surface area contributed by atoms with Crippen molar-refractivity contribution in [2.45, 2.75) is 33.6 Å². The largest absolute Gasteiger partial charge is 0.295 e. The lowest BCUT2D eigenvalue weighted by Gasteiger charge is -2.44. The molecule has 0 saturated carbocycles. The Bertz CT molecular complexity index is 400. The van der Waals surface area contributed by atoms with Gasteiger partial charge in [0.2, 0.25) is 0 Å². The molecule has 2 aliphatic carbocycles. The zero-order valence-electron chi connectivity index (χ0n) is 10.4. The number of rotatable bonds is 1. The monoisotopic (exact) mass is 216 g/mol. The van der Waals surface area contributed by atoms with E-state index in [-0.39, 0.29) is 11.2 Å². The third-order valence-corrected chi connectivity index (χ3v) is 4.36. The molecule has 86 valence electrons. The van der Waals surface area contributed by atoms with Gasteiger partial charge in [0.25, 0.3) is 0 Å². The van der Waals surface area contributed by atoms with Crippen LogP contribution in [0.2, 0.25) is 0 Å². The summed E-state index contributed by atoms with van der Waals surface area (Å²) in [5, 5.41) is 0. The van der Waals surface area contributed by atoms with Gasteiger partial charge >= 0.3 is 0 Å². The normalized spacial score (nSPS) is 37.9. The van der Waals surface area contributed by atoms with Crippen LogP contribution in [0.5, 0.6) is 0 Å². The fourth-order valence-corrected chi connectivity index (χ4v) is 2.85. The summed E-state index contributed by atoms with van der Waals surface area (Å²) >= 11 is 0. The molecule has 2 aliphatic rings. The predicted molar refractivity (Wildman–Crippen MR) is 67.0 cm³/mol. The molecule has 3 unspecified atom stereocenters. The van der Waals surface area contributed by atoms with Crippen LogP contribution in [0.1, 0.15) is 33.6 Å². The summed E-state index contributed by atoms with van der Waals surface area (Å²) in [5.74, 6) is 1.18. The number of hydrogen-bond acceptors (Lipinski definition) is 1. The number of ketones is 1. The fourth-order valence-electron chi connectivity index (χ4n) is 2.85. The number of hydrogen-bond donors (Lipinski definition) is 0. The second-order valence-electron chi connectivity index (χ2n) is 5.60. The fraction of sp³-hybridized carbons (Fsp3) is 0.533. The Balaban J connectivity index is 2.41. The minimum absolute atomic E-state index is 0.159. The van der Waals surface area contributed by atoms with Crippen LogP contribution in [0.4, 0.5) is 0 Å². The Labute approximate surface area is 97.9 Å². The average molecular weight is 216 g/mol. The van der Waals surface area contributed by atoms with Crippen molar-refractivity contribution >= 4 is 5.78 Å². The molecule has 3 atom stereocenters. The Morgan fingerprint density at radius 1 is 1.56 bits per heavy atom. The van der Waals surface area contributed by atoms with Crippen LogP contribution in [0, 0.1) is 17.3 Å². The standard InChI is InChI=1S/C15H20O/c1-10(2)12-5-6-13-8-14(16)7-11(3)15(13,4)9-12/h5-6,8,11-12H,1,7,9H2,2-4H3. The van der Waals surface area contributed by atoms with Crippen LogP contribution in [0.3, 0.4) is 0 Å². The van der Waals surface area contributed by atoms with E-state index >= 15 is 0 Å². The van der Waals surface area contributed by atoms with Crippen molar-refractivity contribution < 1.29 is 4.79 Å². The van der Waals surface area contributed by atoms with E-state index < -0.39 is 0 Å². The summed E-state index contributed by atoms with van der Waals surface area (Å²) in [4.78, 5) is 11.6. The molecule has 0 aromatic carbocycles. The highest BCUT2D eigenvalue weighted by Crippen LogP contribution is 2.49. The summed E-state index contributed by atoms with van der Waals surface area (Å²) in [5.41, 5.74) is 2.60. The first-order valence-electron chi connectivity index (χ1n) is 6.02. The number of carbonyl (C=O) groups excluding carboxylic acids is 1. The highest BCUT2D eigenvalue weighted by molar-refractivity contribution is 5.92. The van der Waals surface area contributed by atoms with Crippen LogP contribution in [-0.2, 0) is 4.79 Å². The Morgan fingerprint density at radius 2 is 2.25 bits per heavy atom. The molecule has 0 spiro atoms. The Kier molecular flexibility index (Phi) is 2.65. The van der Waals surface area contributed by atoms with E-state index in [0.29, 0.717) is 18.3 Å². The molecule has 0 aliphatic heterocycles. The van der Waals surface area contributed by atoms with E-state index in [4.69, 9.17) is 0 Å². The molecule has 0 saturated heterocycles. The van der Waals surface area contributed by atoms with Gasteiger partial charge < -0.3 is 0 Å². The third-order valence-electron chi connectivity index (χ3n) is 4.36. The molecule has 0 amide bonds. The number of fused-ring (bicyclic) bond motifs is 1. The van der Waals surface area contributed by atoms with Gasteiger partial charge in [-0.3, -0.25) is 4.79 Å². The average Bonchev–Trinajstić information content (AvgIpc) is 2.19. The van der Waals surface area contributed by atoms with Gasteiger partial charge in [0.15, 0.2) is 5.78 Å². The van der Waals surface area contributed by atoms with E-state index in [1.807, 2.05) is 6.08 Å². The van der Waals surface area contributed by atoms with E-state index in [1.54, 1.807) is 0 Å². The van der Waals surface area contributed by atoms with Gasteiger partial charge in [0, 0.05) is 6.42 Å². The van der Waals surface area contributed by atoms with Crippen LogP contribution in [-0.4, -0.2) is 5.78 Å². The topological polar surface area (TPSA) is 17.1 Å².